The second-order valence-electron chi connectivity index (χ2n) is 10.7. The molecule has 5 aromatic carbocycles. The lowest BCUT2D eigenvalue weighted by Crippen LogP contribution is -2.30. The Hall–Kier alpha value is -5.47. The number of halogens is 1. The molecule has 2 N–H and O–H groups in total. The molecule has 0 saturated heterocycles. The number of nitrogens with one attached hydrogen (secondary N) is 2. The van der Waals surface area contributed by atoms with Gasteiger partial charge >= 0.3 is 0 Å². The molecule has 0 unspecified atom stereocenters. The minimum Gasteiger partial charge on any atom is -0.321 e. The van der Waals surface area contributed by atoms with Gasteiger partial charge in [0.25, 0.3) is 11.8 Å². The molecule has 0 spiro atoms. The third-order valence-electron chi connectivity index (χ3n) is 7.59. The number of rotatable bonds is 8. The summed E-state index contributed by atoms with van der Waals surface area (Å²) in [6.45, 7) is 0. The number of hydrogen-bond donors (Lipinski definition) is 2. The van der Waals surface area contributed by atoms with Gasteiger partial charge in [-0.25, -0.2) is 4.39 Å². The number of fused-ring (bicyclic) bond motifs is 2. The van der Waals surface area contributed by atoms with E-state index in [1.54, 1.807) is 54.6 Å². The standard InChI is InChI=1S/C38H30FN3O3S/c39-32-15-7-4-14-29(32)24-33(41-37(44)28-12-2-1-3-13-28)38(45)40-30-20-22-31(23-21-30)46-25-36(43)42-34-16-8-5-10-26(34)18-19-27-11-6-9-17-35(27)42/h1-17,20-24H,18-19,25H2,(H,40,45)(H,41,44)/b33-24-. The summed E-state index contributed by atoms with van der Waals surface area (Å²) in [7, 11) is 0. The number of benzene rings is 5. The first kappa shape index (κ1) is 30.6. The van der Waals surface area contributed by atoms with E-state index in [4.69, 9.17) is 0 Å². The van der Waals surface area contributed by atoms with Crippen LogP contribution in [-0.2, 0) is 22.4 Å². The Morgan fingerprint density at radius 2 is 1.30 bits per heavy atom. The van der Waals surface area contributed by atoms with Crippen molar-refractivity contribution in [2.24, 2.45) is 0 Å². The van der Waals surface area contributed by atoms with Crippen LogP contribution in [0.4, 0.5) is 21.5 Å². The number of amides is 3. The minimum atomic E-state index is -0.610. The Morgan fingerprint density at radius 3 is 1.96 bits per heavy atom. The van der Waals surface area contributed by atoms with Crippen LogP contribution in [0.3, 0.4) is 0 Å². The van der Waals surface area contributed by atoms with E-state index >= 15 is 0 Å². The maximum absolute atomic E-state index is 14.4. The van der Waals surface area contributed by atoms with Crippen LogP contribution in [-0.4, -0.2) is 23.5 Å². The average molecular weight is 628 g/mol. The highest BCUT2D eigenvalue weighted by atomic mass is 32.2. The van der Waals surface area contributed by atoms with Crippen molar-refractivity contribution in [2.75, 3.05) is 16.0 Å². The summed E-state index contributed by atoms with van der Waals surface area (Å²) in [6, 6.07) is 37.6. The first-order valence-electron chi connectivity index (χ1n) is 14.8. The first-order valence-corrected chi connectivity index (χ1v) is 15.8. The molecule has 228 valence electrons. The van der Waals surface area contributed by atoms with E-state index in [1.165, 1.54) is 30.0 Å². The number of aryl methyl sites for hydroxylation is 2. The smallest absolute Gasteiger partial charge is 0.272 e. The van der Waals surface area contributed by atoms with E-state index in [2.05, 4.69) is 22.8 Å². The monoisotopic (exact) mass is 627 g/mol. The molecule has 0 atom stereocenters. The molecule has 0 saturated carbocycles. The summed E-state index contributed by atoms with van der Waals surface area (Å²) in [5.74, 6) is -1.44. The van der Waals surface area contributed by atoms with E-state index in [1.807, 2.05) is 53.4 Å². The van der Waals surface area contributed by atoms with Gasteiger partial charge in [0.2, 0.25) is 5.91 Å². The summed E-state index contributed by atoms with van der Waals surface area (Å²) < 4.78 is 14.4. The van der Waals surface area contributed by atoms with E-state index < -0.39 is 17.6 Å². The molecular weight excluding hydrogens is 598 g/mol. The second kappa shape index (κ2) is 14.1. The number of carbonyl (C=O) groups excluding carboxylic acids is 3. The van der Waals surface area contributed by atoms with Gasteiger partial charge in [0.1, 0.15) is 11.5 Å². The van der Waals surface area contributed by atoms with Crippen molar-refractivity contribution < 1.29 is 18.8 Å². The average Bonchev–Trinajstić information content (AvgIpc) is 3.26. The van der Waals surface area contributed by atoms with Crippen LogP contribution in [0.2, 0.25) is 0 Å². The Morgan fingerprint density at radius 1 is 0.717 bits per heavy atom. The van der Waals surface area contributed by atoms with Crippen molar-refractivity contribution in [1.82, 2.24) is 5.32 Å². The summed E-state index contributed by atoms with van der Waals surface area (Å²) in [5.41, 5.74) is 4.99. The lowest BCUT2D eigenvalue weighted by Gasteiger charge is -2.25. The van der Waals surface area contributed by atoms with E-state index in [0.29, 0.717) is 11.3 Å². The number of para-hydroxylation sites is 2. The predicted molar refractivity (Wildman–Crippen MR) is 182 cm³/mol. The van der Waals surface area contributed by atoms with Crippen molar-refractivity contribution in [1.29, 1.82) is 0 Å². The predicted octanol–water partition coefficient (Wildman–Crippen LogP) is 7.79. The van der Waals surface area contributed by atoms with E-state index in [-0.39, 0.29) is 22.9 Å². The number of nitrogens with zero attached hydrogens (tertiary/aromatic N) is 1. The number of carbonyl (C=O) groups is 3. The van der Waals surface area contributed by atoms with E-state index in [0.717, 1.165) is 40.2 Å². The van der Waals surface area contributed by atoms with Crippen molar-refractivity contribution >= 4 is 52.6 Å². The maximum Gasteiger partial charge on any atom is 0.272 e. The third kappa shape index (κ3) is 7.08. The minimum absolute atomic E-state index is 0.0266. The van der Waals surface area contributed by atoms with Crippen LogP contribution in [0.1, 0.15) is 27.0 Å². The molecule has 8 heteroatoms. The molecule has 5 aromatic rings. The first-order chi connectivity index (χ1) is 22.5. The molecule has 3 amide bonds. The second-order valence-corrected chi connectivity index (χ2v) is 11.7. The summed E-state index contributed by atoms with van der Waals surface area (Å²) >= 11 is 1.41. The quantitative estimate of drug-likeness (QED) is 0.136. The zero-order chi connectivity index (χ0) is 31.9. The van der Waals surface area contributed by atoms with Gasteiger partial charge in [-0.05, 0) is 84.6 Å². The molecule has 0 bridgehead atoms. The molecule has 0 aromatic heterocycles. The zero-order valence-corrected chi connectivity index (χ0v) is 25.6. The normalized spacial score (nSPS) is 12.4. The molecule has 0 radical (unpaired) electrons. The molecule has 1 aliphatic heterocycles. The van der Waals surface area contributed by atoms with Crippen molar-refractivity contribution in [3.63, 3.8) is 0 Å². The fourth-order valence-corrected chi connectivity index (χ4v) is 6.03. The highest BCUT2D eigenvalue weighted by Gasteiger charge is 2.25. The van der Waals surface area contributed by atoms with Gasteiger partial charge in [0.05, 0.1) is 17.1 Å². The van der Waals surface area contributed by atoms with E-state index in [9.17, 15) is 18.8 Å². The maximum atomic E-state index is 14.4. The van der Waals surface area contributed by atoms with Crippen LogP contribution < -0.4 is 15.5 Å². The Kier molecular flexibility index (Phi) is 9.36. The van der Waals surface area contributed by atoms with Gasteiger partial charge in [0.15, 0.2) is 0 Å². The van der Waals surface area contributed by atoms with Crippen molar-refractivity contribution in [2.45, 2.75) is 17.7 Å². The lowest BCUT2D eigenvalue weighted by atomic mass is 10.0. The SMILES string of the molecule is O=C(Nc1ccc(SCC(=O)N2c3ccccc3CCc3ccccc32)cc1)/C(=C/c1ccccc1F)NC(=O)c1ccccc1. The van der Waals surface area contributed by atoms with Crippen LogP contribution in [0.5, 0.6) is 0 Å². The summed E-state index contributed by atoms with van der Waals surface area (Å²) in [4.78, 5) is 42.6. The van der Waals surface area contributed by atoms with Gasteiger partial charge in [0, 0.05) is 21.7 Å². The summed E-state index contributed by atoms with van der Waals surface area (Å²) in [6.07, 6.45) is 3.04. The van der Waals surface area contributed by atoms with Crippen LogP contribution in [0.15, 0.2) is 138 Å². The van der Waals surface area contributed by atoms with Crippen LogP contribution in [0.25, 0.3) is 6.08 Å². The molecule has 6 rings (SSSR count). The van der Waals surface area contributed by atoms with Gasteiger partial charge in [-0.15, -0.1) is 11.8 Å². The fourth-order valence-electron chi connectivity index (χ4n) is 5.28. The molecule has 1 aliphatic rings. The fraction of sp³-hybridized carbons (Fsp3) is 0.0789. The zero-order valence-electron chi connectivity index (χ0n) is 24.8. The third-order valence-corrected chi connectivity index (χ3v) is 8.58. The molecule has 6 nitrogen and oxygen atoms in total. The molecule has 0 fully saturated rings. The highest BCUT2D eigenvalue weighted by Crippen LogP contribution is 2.37. The topological polar surface area (TPSA) is 78.5 Å². The highest BCUT2D eigenvalue weighted by molar-refractivity contribution is 8.00. The van der Waals surface area contributed by atoms with Crippen molar-refractivity contribution in [3.05, 3.63) is 161 Å². The molecule has 46 heavy (non-hydrogen) atoms. The molecule has 1 heterocycles. The molecular formula is C38H30FN3O3S. The van der Waals surface area contributed by atoms with Gasteiger partial charge in [-0.1, -0.05) is 72.8 Å². The van der Waals surface area contributed by atoms with Gasteiger partial charge < -0.3 is 10.6 Å². The Bertz CT molecular complexity index is 1880. The van der Waals surface area contributed by atoms with Gasteiger partial charge in [-0.3, -0.25) is 19.3 Å². The lowest BCUT2D eigenvalue weighted by molar-refractivity contribution is -0.115. The van der Waals surface area contributed by atoms with Crippen LogP contribution in [0, 0.1) is 5.82 Å². The Labute approximate surface area is 271 Å². The van der Waals surface area contributed by atoms with Gasteiger partial charge in [-0.2, -0.15) is 0 Å². The summed E-state index contributed by atoms with van der Waals surface area (Å²) in [5, 5.41) is 5.40. The number of anilines is 3. The number of thioether (sulfide) groups is 1. The number of hydrogen-bond acceptors (Lipinski definition) is 4. The Balaban J connectivity index is 1.15. The van der Waals surface area contributed by atoms with Crippen molar-refractivity contribution in [3.8, 4) is 0 Å². The molecule has 0 aliphatic carbocycles. The largest absolute Gasteiger partial charge is 0.321 e. The van der Waals surface area contributed by atoms with Crippen LogP contribution >= 0.6 is 11.8 Å².